The number of hydrogen-bond donors (Lipinski definition) is 3. The van der Waals surface area contributed by atoms with E-state index in [1.165, 1.54) is 5.56 Å². The molecule has 6 heteroatoms. The Morgan fingerprint density at radius 1 is 0.931 bits per heavy atom. The quantitative estimate of drug-likeness (QED) is 0.331. The highest BCUT2D eigenvalue weighted by molar-refractivity contribution is 7.80. The smallest absolute Gasteiger partial charge is 0.269 e. The average molecular weight is 407 g/mol. The summed E-state index contributed by atoms with van der Waals surface area (Å²) in [6, 6.07) is 22.0. The van der Waals surface area contributed by atoms with Crippen LogP contribution < -0.4 is 16.2 Å². The molecule has 1 amide bonds. The summed E-state index contributed by atoms with van der Waals surface area (Å²) < 4.78 is 2.11. The number of amides is 1. The van der Waals surface area contributed by atoms with Crippen molar-refractivity contribution in [2.45, 2.75) is 26.7 Å². The van der Waals surface area contributed by atoms with Crippen molar-refractivity contribution in [2.75, 3.05) is 6.54 Å². The molecule has 2 aromatic carbocycles. The molecule has 0 aliphatic heterocycles. The van der Waals surface area contributed by atoms with Crippen molar-refractivity contribution < 1.29 is 4.79 Å². The fourth-order valence-corrected chi connectivity index (χ4v) is 3.38. The topological polar surface area (TPSA) is 58.1 Å². The molecule has 0 aliphatic rings. The van der Waals surface area contributed by atoms with Gasteiger partial charge in [0.1, 0.15) is 0 Å². The molecule has 0 spiro atoms. The molecule has 0 aliphatic carbocycles. The van der Waals surface area contributed by atoms with Gasteiger partial charge in [0.05, 0.1) is 0 Å². The Labute approximate surface area is 177 Å². The molecule has 0 atom stereocenters. The number of nitrogens with zero attached hydrogens (tertiary/aromatic N) is 1. The van der Waals surface area contributed by atoms with Crippen LogP contribution in [0.15, 0.2) is 66.7 Å². The van der Waals surface area contributed by atoms with Crippen LogP contribution in [0, 0.1) is 13.8 Å². The SMILES string of the molecule is Cc1ccc(C)n1-c1cccc(C(=O)NNC(=S)NCCCc2ccccc2)c1. The molecule has 0 radical (unpaired) electrons. The number of hydrazine groups is 1. The second-order valence-electron chi connectivity index (χ2n) is 6.93. The number of benzene rings is 2. The Kier molecular flexibility index (Phi) is 7.03. The average Bonchev–Trinajstić information content (AvgIpc) is 3.08. The summed E-state index contributed by atoms with van der Waals surface area (Å²) in [5.41, 5.74) is 10.5. The third-order valence-electron chi connectivity index (χ3n) is 4.70. The summed E-state index contributed by atoms with van der Waals surface area (Å²) in [6.07, 6.45) is 1.94. The normalized spacial score (nSPS) is 10.4. The number of hydrogen-bond acceptors (Lipinski definition) is 2. The lowest BCUT2D eigenvalue weighted by molar-refractivity contribution is 0.0943. The van der Waals surface area contributed by atoms with Crippen molar-refractivity contribution in [1.29, 1.82) is 0 Å². The molecular formula is C23H26N4OS. The van der Waals surface area contributed by atoms with Crippen molar-refractivity contribution in [1.82, 2.24) is 20.7 Å². The molecule has 5 nitrogen and oxygen atoms in total. The van der Waals surface area contributed by atoms with Crippen LogP contribution in [0.25, 0.3) is 5.69 Å². The summed E-state index contributed by atoms with van der Waals surface area (Å²) in [7, 11) is 0. The summed E-state index contributed by atoms with van der Waals surface area (Å²) >= 11 is 5.24. The van der Waals surface area contributed by atoms with Crippen LogP contribution in [0.1, 0.15) is 33.7 Å². The Hall–Kier alpha value is -3.12. The first kappa shape index (κ1) is 20.6. The summed E-state index contributed by atoms with van der Waals surface area (Å²) in [5, 5.41) is 3.51. The molecule has 0 bridgehead atoms. The Balaban J connectivity index is 1.47. The lowest BCUT2D eigenvalue weighted by atomic mass is 10.1. The molecular weight excluding hydrogens is 380 g/mol. The maximum Gasteiger partial charge on any atom is 0.269 e. The zero-order chi connectivity index (χ0) is 20.6. The van der Waals surface area contributed by atoms with Gasteiger partial charge < -0.3 is 9.88 Å². The minimum absolute atomic E-state index is 0.234. The molecule has 1 aromatic heterocycles. The molecule has 150 valence electrons. The first-order valence-corrected chi connectivity index (χ1v) is 10.1. The van der Waals surface area contributed by atoms with Gasteiger partial charge in [-0.3, -0.25) is 15.6 Å². The van der Waals surface area contributed by atoms with Crippen LogP contribution in [0.2, 0.25) is 0 Å². The fraction of sp³-hybridized carbons (Fsp3) is 0.217. The standard InChI is InChI=1S/C23H26N4OS/c1-17-13-14-18(2)27(17)21-12-6-11-20(16-21)22(28)25-26-23(29)24-15-7-10-19-8-4-3-5-9-19/h3-6,8-9,11-14,16H,7,10,15H2,1-2H3,(H,25,28)(H2,24,26,29). The van der Waals surface area contributed by atoms with Crippen LogP contribution in [-0.4, -0.2) is 22.1 Å². The van der Waals surface area contributed by atoms with E-state index in [0.29, 0.717) is 10.7 Å². The van der Waals surface area contributed by atoms with Crippen LogP contribution in [0.3, 0.4) is 0 Å². The van der Waals surface area contributed by atoms with Gasteiger partial charge in [-0.25, -0.2) is 0 Å². The molecule has 29 heavy (non-hydrogen) atoms. The van der Waals surface area contributed by atoms with Gasteiger partial charge in [-0.05, 0) is 74.8 Å². The van der Waals surface area contributed by atoms with E-state index in [1.807, 2.05) is 50.2 Å². The Morgan fingerprint density at radius 2 is 1.66 bits per heavy atom. The number of aromatic nitrogens is 1. The van der Waals surface area contributed by atoms with Crippen LogP contribution in [0.5, 0.6) is 0 Å². The maximum atomic E-state index is 12.5. The van der Waals surface area contributed by atoms with E-state index in [0.717, 1.165) is 36.5 Å². The van der Waals surface area contributed by atoms with Crippen molar-refractivity contribution in [2.24, 2.45) is 0 Å². The molecule has 0 saturated carbocycles. The third kappa shape index (κ3) is 5.68. The Morgan fingerprint density at radius 3 is 2.38 bits per heavy atom. The number of nitrogens with one attached hydrogen (secondary N) is 3. The maximum absolute atomic E-state index is 12.5. The predicted molar refractivity (Wildman–Crippen MR) is 121 cm³/mol. The van der Waals surface area contributed by atoms with Crippen LogP contribution >= 0.6 is 12.2 Å². The van der Waals surface area contributed by atoms with Gasteiger partial charge in [-0.1, -0.05) is 36.4 Å². The lowest BCUT2D eigenvalue weighted by Gasteiger charge is -2.13. The second kappa shape index (κ2) is 9.89. The summed E-state index contributed by atoms with van der Waals surface area (Å²) in [5.74, 6) is -0.234. The van der Waals surface area contributed by atoms with Gasteiger partial charge in [0, 0.05) is 29.2 Å². The van der Waals surface area contributed by atoms with Crippen LogP contribution in [-0.2, 0) is 6.42 Å². The minimum atomic E-state index is -0.234. The lowest BCUT2D eigenvalue weighted by Crippen LogP contribution is -2.47. The highest BCUT2D eigenvalue weighted by atomic mass is 32.1. The molecule has 0 saturated heterocycles. The van der Waals surface area contributed by atoms with Crippen LogP contribution in [0.4, 0.5) is 0 Å². The molecule has 3 rings (SSSR count). The number of thiocarbonyl (C=S) groups is 1. The first-order chi connectivity index (χ1) is 14.0. The fourth-order valence-electron chi connectivity index (χ4n) is 3.23. The van der Waals surface area contributed by atoms with E-state index >= 15 is 0 Å². The molecule has 3 N–H and O–H groups in total. The van der Waals surface area contributed by atoms with E-state index < -0.39 is 0 Å². The van der Waals surface area contributed by atoms with Gasteiger partial charge in [0.25, 0.3) is 5.91 Å². The largest absolute Gasteiger partial charge is 0.361 e. The molecule has 0 unspecified atom stereocenters. The van der Waals surface area contributed by atoms with Gasteiger partial charge in [-0.2, -0.15) is 0 Å². The highest BCUT2D eigenvalue weighted by Gasteiger charge is 2.09. The van der Waals surface area contributed by atoms with E-state index in [1.54, 1.807) is 6.07 Å². The van der Waals surface area contributed by atoms with Crippen molar-refractivity contribution >= 4 is 23.2 Å². The number of carbonyl (C=O) groups excluding carboxylic acids is 1. The van der Waals surface area contributed by atoms with Gasteiger partial charge >= 0.3 is 0 Å². The van der Waals surface area contributed by atoms with E-state index in [4.69, 9.17) is 12.2 Å². The van der Waals surface area contributed by atoms with Crippen molar-refractivity contribution in [3.8, 4) is 5.69 Å². The molecule has 3 aromatic rings. The molecule has 0 fully saturated rings. The monoisotopic (exact) mass is 406 g/mol. The van der Waals surface area contributed by atoms with Gasteiger partial charge in [0.15, 0.2) is 5.11 Å². The predicted octanol–water partition coefficient (Wildman–Crippen LogP) is 3.84. The summed E-state index contributed by atoms with van der Waals surface area (Å²) in [6.45, 7) is 4.82. The molecule has 1 heterocycles. The van der Waals surface area contributed by atoms with Gasteiger partial charge in [0.2, 0.25) is 0 Å². The summed E-state index contributed by atoms with van der Waals surface area (Å²) in [4.78, 5) is 12.5. The van der Waals surface area contributed by atoms with Crippen molar-refractivity contribution in [3.63, 3.8) is 0 Å². The Bertz CT molecular complexity index is 962. The number of rotatable bonds is 6. The van der Waals surface area contributed by atoms with E-state index in [2.05, 4.69) is 45.0 Å². The zero-order valence-corrected chi connectivity index (χ0v) is 17.6. The number of carbonyl (C=O) groups is 1. The van der Waals surface area contributed by atoms with E-state index in [9.17, 15) is 4.79 Å². The van der Waals surface area contributed by atoms with Gasteiger partial charge in [-0.15, -0.1) is 0 Å². The second-order valence-corrected chi connectivity index (χ2v) is 7.33. The zero-order valence-electron chi connectivity index (χ0n) is 16.7. The highest BCUT2D eigenvalue weighted by Crippen LogP contribution is 2.17. The minimum Gasteiger partial charge on any atom is -0.361 e. The van der Waals surface area contributed by atoms with Crippen molar-refractivity contribution in [3.05, 3.63) is 89.2 Å². The third-order valence-corrected chi connectivity index (χ3v) is 4.94. The van der Waals surface area contributed by atoms with E-state index in [-0.39, 0.29) is 5.91 Å². The first-order valence-electron chi connectivity index (χ1n) is 9.68. The number of aryl methyl sites for hydroxylation is 3.